The standard InChI is InChI=1S/C11H11BrN4O/c12-10-4-2-1-3-9(10)7-13-11(17)8-16-6-5-14-15-16/h1-6H,7-8H2,(H,13,17). The van der Waals surface area contributed by atoms with E-state index in [9.17, 15) is 4.79 Å². The van der Waals surface area contributed by atoms with Crippen molar-refractivity contribution in [2.75, 3.05) is 0 Å². The van der Waals surface area contributed by atoms with Crippen LogP contribution in [0, 0.1) is 0 Å². The molecule has 0 fully saturated rings. The van der Waals surface area contributed by atoms with Gasteiger partial charge in [0.05, 0.1) is 6.20 Å². The van der Waals surface area contributed by atoms with Crippen LogP contribution < -0.4 is 5.32 Å². The summed E-state index contributed by atoms with van der Waals surface area (Å²) in [5, 5.41) is 10.2. The second kappa shape index (κ2) is 5.58. The third-order valence-corrected chi connectivity index (χ3v) is 2.99. The number of nitrogens with one attached hydrogen (secondary N) is 1. The molecule has 0 spiro atoms. The van der Waals surface area contributed by atoms with Crippen LogP contribution in [0.4, 0.5) is 0 Å². The Balaban J connectivity index is 1.86. The highest BCUT2D eigenvalue weighted by molar-refractivity contribution is 9.10. The molecule has 0 aliphatic carbocycles. The van der Waals surface area contributed by atoms with Gasteiger partial charge in [-0.2, -0.15) is 0 Å². The van der Waals surface area contributed by atoms with E-state index in [1.807, 2.05) is 24.3 Å². The SMILES string of the molecule is O=C(Cn1ccnn1)NCc1ccccc1Br. The molecule has 1 N–H and O–H groups in total. The fourth-order valence-corrected chi connectivity index (χ4v) is 1.78. The third-order valence-electron chi connectivity index (χ3n) is 2.21. The van der Waals surface area contributed by atoms with Crippen LogP contribution in [0.1, 0.15) is 5.56 Å². The molecule has 0 saturated heterocycles. The zero-order valence-corrected chi connectivity index (χ0v) is 10.6. The molecule has 0 aliphatic heterocycles. The third kappa shape index (κ3) is 3.39. The highest BCUT2D eigenvalue weighted by Crippen LogP contribution is 2.15. The lowest BCUT2D eigenvalue weighted by Crippen LogP contribution is -2.27. The zero-order valence-electron chi connectivity index (χ0n) is 9.01. The van der Waals surface area contributed by atoms with E-state index in [4.69, 9.17) is 0 Å². The van der Waals surface area contributed by atoms with Crippen LogP contribution in [-0.4, -0.2) is 20.9 Å². The Bertz CT molecular complexity index is 498. The number of benzene rings is 1. The molecular formula is C11H11BrN4O. The lowest BCUT2D eigenvalue weighted by atomic mass is 10.2. The molecule has 1 aromatic heterocycles. The van der Waals surface area contributed by atoms with Crippen LogP contribution >= 0.6 is 15.9 Å². The molecule has 17 heavy (non-hydrogen) atoms. The lowest BCUT2D eigenvalue weighted by molar-refractivity contribution is -0.122. The van der Waals surface area contributed by atoms with Crippen molar-refractivity contribution in [1.82, 2.24) is 20.3 Å². The molecule has 0 aliphatic rings. The fourth-order valence-electron chi connectivity index (χ4n) is 1.36. The largest absolute Gasteiger partial charge is 0.350 e. The van der Waals surface area contributed by atoms with E-state index in [0.29, 0.717) is 6.54 Å². The summed E-state index contributed by atoms with van der Waals surface area (Å²) in [4.78, 5) is 11.6. The number of halogens is 1. The number of amides is 1. The summed E-state index contributed by atoms with van der Waals surface area (Å²) >= 11 is 3.43. The van der Waals surface area contributed by atoms with E-state index < -0.39 is 0 Å². The molecule has 5 nitrogen and oxygen atoms in total. The van der Waals surface area contributed by atoms with Crippen LogP contribution in [0.5, 0.6) is 0 Å². The van der Waals surface area contributed by atoms with Gasteiger partial charge in [0.15, 0.2) is 0 Å². The highest BCUT2D eigenvalue weighted by Gasteiger charge is 2.04. The number of carbonyl (C=O) groups excluding carboxylic acids is 1. The van der Waals surface area contributed by atoms with Gasteiger partial charge < -0.3 is 5.32 Å². The maximum atomic E-state index is 11.6. The molecule has 1 aromatic carbocycles. The van der Waals surface area contributed by atoms with Crippen LogP contribution in [0.3, 0.4) is 0 Å². The van der Waals surface area contributed by atoms with E-state index in [1.54, 1.807) is 12.4 Å². The number of aromatic nitrogens is 3. The van der Waals surface area contributed by atoms with E-state index in [2.05, 4.69) is 31.6 Å². The van der Waals surface area contributed by atoms with Crippen molar-refractivity contribution in [3.8, 4) is 0 Å². The maximum absolute atomic E-state index is 11.6. The molecule has 0 unspecified atom stereocenters. The predicted octanol–water partition coefficient (Wildman–Crippen LogP) is 1.36. The molecule has 1 amide bonds. The summed E-state index contributed by atoms with van der Waals surface area (Å²) in [5.41, 5.74) is 1.04. The van der Waals surface area contributed by atoms with Crippen molar-refractivity contribution in [3.63, 3.8) is 0 Å². The Morgan fingerprint density at radius 3 is 2.94 bits per heavy atom. The monoisotopic (exact) mass is 294 g/mol. The topological polar surface area (TPSA) is 59.8 Å². The van der Waals surface area contributed by atoms with Crippen LogP contribution in [-0.2, 0) is 17.9 Å². The van der Waals surface area contributed by atoms with Gasteiger partial charge in [-0.25, -0.2) is 4.68 Å². The Kier molecular flexibility index (Phi) is 3.87. The van der Waals surface area contributed by atoms with Crippen molar-refractivity contribution in [3.05, 3.63) is 46.7 Å². The van der Waals surface area contributed by atoms with Crippen molar-refractivity contribution in [1.29, 1.82) is 0 Å². The number of rotatable bonds is 4. The van der Waals surface area contributed by atoms with Crippen LogP contribution in [0.2, 0.25) is 0 Å². The Labute approximate surface area is 107 Å². The second-order valence-corrected chi connectivity index (χ2v) is 4.32. The maximum Gasteiger partial charge on any atom is 0.242 e. The number of carbonyl (C=O) groups is 1. The van der Waals surface area contributed by atoms with E-state index in [1.165, 1.54) is 4.68 Å². The summed E-state index contributed by atoms with van der Waals surface area (Å²) in [6, 6.07) is 7.77. The Morgan fingerprint density at radius 2 is 2.24 bits per heavy atom. The minimum absolute atomic E-state index is 0.0914. The fraction of sp³-hybridized carbons (Fsp3) is 0.182. The average Bonchev–Trinajstić information content (AvgIpc) is 2.81. The van der Waals surface area contributed by atoms with Crippen molar-refractivity contribution >= 4 is 21.8 Å². The highest BCUT2D eigenvalue weighted by atomic mass is 79.9. The Morgan fingerprint density at radius 1 is 1.41 bits per heavy atom. The first kappa shape index (κ1) is 11.8. The molecule has 0 bridgehead atoms. The summed E-state index contributed by atoms with van der Waals surface area (Å²) in [7, 11) is 0. The number of hydrogen-bond acceptors (Lipinski definition) is 3. The first-order chi connectivity index (χ1) is 8.25. The van der Waals surface area contributed by atoms with Gasteiger partial charge in [-0.15, -0.1) is 5.10 Å². The molecule has 0 saturated carbocycles. The van der Waals surface area contributed by atoms with Gasteiger partial charge in [0.25, 0.3) is 0 Å². The van der Waals surface area contributed by atoms with Gasteiger partial charge in [0.2, 0.25) is 5.91 Å². The molecule has 1 heterocycles. The summed E-state index contributed by atoms with van der Waals surface area (Å²) in [6.45, 7) is 0.680. The van der Waals surface area contributed by atoms with Crippen LogP contribution in [0.15, 0.2) is 41.1 Å². The van der Waals surface area contributed by atoms with E-state index >= 15 is 0 Å². The molecule has 0 atom stereocenters. The van der Waals surface area contributed by atoms with Crippen molar-refractivity contribution in [2.45, 2.75) is 13.1 Å². The predicted molar refractivity (Wildman–Crippen MR) is 66.0 cm³/mol. The molecular weight excluding hydrogens is 284 g/mol. The smallest absolute Gasteiger partial charge is 0.242 e. The normalized spacial score (nSPS) is 10.2. The minimum Gasteiger partial charge on any atom is -0.350 e. The first-order valence-electron chi connectivity index (χ1n) is 5.10. The molecule has 88 valence electrons. The molecule has 6 heteroatoms. The number of nitrogens with zero attached hydrogens (tertiary/aromatic N) is 3. The zero-order chi connectivity index (χ0) is 12.1. The summed E-state index contributed by atoms with van der Waals surface area (Å²) in [5.74, 6) is -0.0914. The molecule has 2 rings (SSSR count). The van der Waals surface area contributed by atoms with Gasteiger partial charge in [0, 0.05) is 17.2 Å². The van der Waals surface area contributed by atoms with Crippen LogP contribution in [0.25, 0.3) is 0 Å². The average molecular weight is 295 g/mol. The quantitative estimate of drug-likeness (QED) is 0.926. The number of hydrogen-bond donors (Lipinski definition) is 1. The van der Waals surface area contributed by atoms with Crippen molar-refractivity contribution in [2.24, 2.45) is 0 Å². The van der Waals surface area contributed by atoms with E-state index in [-0.39, 0.29) is 12.5 Å². The van der Waals surface area contributed by atoms with Gasteiger partial charge in [-0.3, -0.25) is 4.79 Å². The van der Waals surface area contributed by atoms with Gasteiger partial charge >= 0.3 is 0 Å². The molecule has 2 aromatic rings. The second-order valence-electron chi connectivity index (χ2n) is 3.47. The minimum atomic E-state index is -0.0914. The summed E-state index contributed by atoms with van der Waals surface area (Å²) in [6.07, 6.45) is 3.19. The summed E-state index contributed by atoms with van der Waals surface area (Å²) < 4.78 is 2.47. The lowest BCUT2D eigenvalue weighted by Gasteiger charge is -2.06. The van der Waals surface area contributed by atoms with Gasteiger partial charge in [-0.1, -0.05) is 39.3 Å². The van der Waals surface area contributed by atoms with Crippen molar-refractivity contribution < 1.29 is 4.79 Å². The van der Waals surface area contributed by atoms with Gasteiger partial charge in [-0.05, 0) is 11.6 Å². The Hall–Kier alpha value is -1.69. The molecule has 0 radical (unpaired) electrons. The van der Waals surface area contributed by atoms with Gasteiger partial charge in [0.1, 0.15) is 6.54 Å². The van der Waals surface area contributed by atoms with E-state index in [0.717, 1.165) is 10.0 Å². The first-order valence-corrected chi connectivity index (χ1v) is 5.89.